The smallest absolute Gasteiger partial charge is 0.255 e. The minimum absolute atomic E-state index is 0.317. The monoisotopic (exact) mass is 339 g/mol. The fourth-order valence-electron chi connectivity index (χ4n) is 2.52. The Morgan fingerprint density at radius 1 is 1.28 bits per heavy atom. The van der Waals surface area contributed by atoms with Crippen molar-refractivity contribution in [3.63, 3.8) is 0 Å². The quantitative estimate of drug-likeness (QED) is 0.744. The van der Waals surface area contributed by atoms with Gasteiger partial charge in [-0.05, 0) is 44.0 Å². The molecule has 128 valence electrons. The van der Waals surface area contributed by atoms with Crippen LogP contribution in [0.2, 0.25) is 0 Å². The molecule has 1 aliphatic carbocycles. The average molecular weight is 339 g/mol. The number of oxazole rings is 1. The third-order valence-electron chi connectivity index (χ3n) is 4.12. The summed E-state index contributed by atoms with van der Waals surface area (Å²) in [5, 5.41) is 5.40. The summed E-state index contributed by atoms with van der Waals surface area (Å²) in [5.74, 6) is 0.516. The average Bonchev–Trinajstić information content (AvgIpc) is 3.13. The Morgan fingerprint density at radius 3 is 2.84 bits per heavy atom. The molecule has 1 fully saturated rings. The molecule has 2 heterocycles. The van der Waals surface area contributed by atoms with Gasteiger partial charge in [0.15, 0.2) is 11.5 Å². The predicted octanol–water partition coefficient (Wildman–Crippen LogP) is 3.06. The van der Waals surface area contributed by atoms with Crippen molar-refractivity contribution in [1.82, 2.24) is 10.3 Å². The molecule has 2 N–H and O–H groups in total. The van der Waals surface area contributed by atoms with Gasteiger partial charge in [-0.25, -0.2) is 4.98 Å². The Hall–Kier alpha value is -3.09. The van der Waals surface area contributed by atoms with E-state index in [0.717, 1.165) is 24.2 Å². The van der Waals surface area contributed by atoms with Crippen molar-refractivity contribution in [3.8, 4) is 0 Å². The Kier molecular flexibility index (Phi) is 3.76. The molecule has 0 aliphatic heterocycles. The molecule has 4 rings (SSSR count). The second-order valence-electron chi connectivity index (χ2n) is 6.21. The van der Waals surface area contributed by atoms with Gasteiger partial charge in [0.05, 0.1) is 11.8 Å². The molecule has 3 aromatic rings. The zero-order chi connectivity index (χ0) is 17.4. The second-order valence-corrected chi connectivity index (χ2v) is 6.21. The third-order valence-corrected chi connectivity index (χ3v) is 4.12. The third kappa shape index (κ3) is 3.26. The largest absolute Gasteiger partial charge is 0.472 e. The van der Waals surface area contributed by atoms with Crippen LogP contribution in [0.25, 0.3) is 11.1 Å². The van der Waals surface area contributed by atoms with E-state index in [0.29, 0.717) is 22.8 Å². The van der Waals surface area contributed by atoms with E-state index >= 15 is 0 Å². The Labute approximate surface area is 143 Å². The summed E-state index contributed by atoms with van der Waals surface area (Å²) in [4.78, 5) is 28.7. The van der Waals surface area contributed by atoms with Crippen LogP contribution in [0.3, 0.4) is 0 Å². The van der Waals surface area contributed by atoms with Gasteiger partial charge in [-0.15, -0.1) is 0 Å². The van der Waals surface area contributed by atoms with E-state index in [9.17, 15) is 9.59 Å². The molecule has 0 bridgehead atoms. The van der Waals surface area contributed by atoms with Crippen LogP contribution in [0, 0.1) is 0 Å². The minimum atomic E-state index is -0.697. The molecule has 1 aliphatic rings. The summed E-state index contributed by atoms with van der Waals surface area (Å²) in [5.41, 5.74) is 2.41. The van der Waals surface area contributed by atoms with E-state index < -0.39 is 6.04 Å². The van der Waals surface area contributed by atoms with Crippen molar-refractivity contribution in [2.24, 2.45) is 0 Å². The van der Waals surface area contributed by atoms with Gasteiger partial charge in [0.1, 0.15) is 17.8 Å². The molecule has 2 aromatic heterocycles. The number of rotatable bonds is 5. The minimum Gasteiger partial charge on any atom is -0.472 e. The van der Waals surface area contributed by atoms with Gasteiger partial charge in [-0.1, -0.05) is 0 Å². The first kappa shape index (κ1) is 15.4. The second kappa shape index (κ2) is 6.08. The Bertz CT molecular complexity index is 925. The van der Waals surface area contributed by atoms with Gasteiger partial charge < -0.3 is 19.5 Å². The van der Waals surface area contributed by atoms with Crippen molar-refractivity contribution in [2.75, 3.05) is 5.32 Å². The number of aromatic nitrogens is 1. The van der Waals surface area contributed by atoms with Crippen molar-refractivity contribution in [2.45, 2.75) is 31.7 Å². The first-order valence-electron chi connectivity index (χ1n) is 8.14. The van der Waals surface area contributed by atoms with E-state index in [1.165, 1.54) is 18.6 Å². The fraction of sp³-hybridized carbons (Fsp3) is 0.278. The molecular weight excluding hydrogens is 322 g/mol. The van der Waals surface area contributed by atoms with E-state index in [4.69, 9.17) is 8.83 Å². The van der Waals surface area contributed by atoms with Crippen LogP contribution >= 0.6 is 0 Å². The maximum absolute atomic E-state index is 12.3. The van der Waals surface area contributed by atoms with E-state index in [2.05, 4.69) is 15.6 Å². The molecule has 7 nitrogen and oxygen atoms in total. The highest BCUT2D eigenvalue weighted by Gasteiger charge is 2.29. The van der Waals surface area contributed by atoms with Crippen molar-refractivity contribution in [1.29, 1.82) is 0 Å². The molecule has 1 aromatic carbocycles. The molecule has 7 heteroatoms. The molecule has 2 amide bonds. The molecule has 1 atom stereocenters. The first-order chi connectivity index (χ1) is 12.1. The van der Waals surface area contributed by atoms with Crippen LogP contribution in [0.5, 0.6) is 0 Å². The number of benzene rings is 1. The summed E-state index contributed by atoms with van der Waals surface area (Å²) < 4.78 is 10.6. The summed E-state index contributed by atoms with van der Waals surface area (Å²) in [7, 11) is 0. The van der Waals surface area contributed by atoms with Gasteiger partial charge in [-0.3, -0.25) is 9.59 Å². The van der Waals surface area contributed by atoms with Crippen molar-refractivity contribution in [3.05, 3.63) is 48.2 Å². The number of furan rings is 1. The summed E-state index contributed by atoms with van der Waals surface area (Å²) in [6.45, 7) is 1.62. The SMILES string of the molecule is C[C@H](NC(=O)c1ccoc1)C(=O)Nc1ccc2oc(C3CC3)nc2c1. The Balaban J connectivity index is 1.42. The fourth-order valence-corrected chi connectivity index (χ4v) is 2.52. The predicted molar refractivity (Wildman–Crippen MR) is 90.2 cm³/mol. The summed E-state index contributed by atoms with van der Waals surface area (Å²) in [6.07, 6.45) is 4.97. The lowest BCUT2D eigenvalue weighted by molar-refractivity contribution is -0.117. The molecule has 1 saturated carbocycles. The number of nitrogens with one attached hydrogen (secondary N) is 2. The molecule has 0 radical (unpaired) electrons. The van der Waals surface area contributed by atoms with Crippen molar-refractivity contribution < 1.29 is 18.4 Å². The first-order valence-corrected chi connectivity index (χ1v) is 8.14. The molecule has 0 unspecified atom stereocenters. The zero-order valence-electron chi connectivity index (χ0n) is 13.6. The van der Waals surface area contributed by atoms with Gasteiger partial charge in [0.25, 0.3) is 5.91 Å². The van der Waals surface area contributed by atoms with Gasteiger partial charge in [0, 0.05) is 11.6 Å². The lowest BCUT2D eigenvalue weighted by Crippen LogP contribution is -2.41. The lowest BCUT2D eigenvalue weighted by atomic mass is 10.2. The molecule has 0 spiro atoms. The van der Waals surface area contributed by atoms with Crippen LogP contribution in [-0.4, -0.2) is 22.8 Å². The van der Waals surface area contributed by atoms with Gasteiger partial charge in [0.2, 0.25) is 5.91 Å². The number of nitrogens with zero attached hydrogens (tertiary/aromatic N) is 1. The number of fused-ring (bicyclic) bond motifs is 1. The highest BCUT2D eigenvalue weighted by molar-refractivity contribution is 6.01. The van der Waals surface area contributed by atoms with Crippen LogP contribution in [0.4, 0.5) is 5.69 Å². The number of hydrogen-bond donors (Lipinski definition) is 2. The van der Waals surface area contributed by atoms with E-state index in [1.807, 2.05) is 0 Å². The highest BCUT2D eigenvalue weighted by atomic mass is 16.3. The van der Waals surface area contributed by atoms with Crippen LogP contribution < -0.4 is 10.6 Å². The van der Waals surface area contributed by atoms with E-state index in [-0.39, 0.29) is 11.8 Å². The standard InChI is InChI=1S/C18H17N3O4/c1-10(19-17(23)12-6-7-24-9-12)16(22)20-13-4-5-15-14(8-13)21-18(25-15)11-2-3-11/h4-11H,2-3H2,1H3,(H,19,23)(H,20,22)/t10-/m0/s1. The van der Waals surface area contributed by atoms with E-state index in [1.54, 1.807) is 25.1 Å². The van der Waals surface area contributed by atoms with Crippen LogP contribution in [0.1, 0.15) is 41.9 Å². The summed E-state index contributed by atoms with van der Waals surface area (Å²) in [6, 6.07) is 6.16. The highest BCUT2D eigenvalue weighted by Crippen LogP contribution is 2.40. The number of amides is 2. The lowest BCUT2D eigenvalue weighted by Gasteiger charge is -2.13. The number of carbonyl (C=O) groups is 2. The number of anilines is 1. The van der Waals surface area contributed by atoms with Gasteiger partial charge in [-0.2, -0.15) is 0 Å². The maximum Gasteiger partial charge on any atom is 0.255 e. The molecular formula is C18H17N3O4. The van der Waals surface area contributed by atoms with Crippen molar-refractivity contribution >= 4 is 28.6 Å². The topological polar surface area (TPSA) is 97.4 Å². The summed E-state index contributed by atoms with van der Waals surface area (Å²) >= 11 is 0. The number of hydrogen-bond acceptors (Lipinski definition) is 5. The van der Waals surface area contributed by atoms with Crippen LogP contribution in [-0.2, 0) is 4.79 Å². The van der Waals surface area contributed by atoms with Crippen LogP contribution in [0.15, 0.2) is 45.6 Å². The zero-order valence-corrected chi connectivity index (χ0v) is 13.6. The van der Waals surface area contributed by atoms with Gasteiger partial charge >= 0.3 is 0 Å². The normalized spacial score (nSPS) is 15.1. The number of carbonyl (C=O) groups excluding carboxylic acids is 2. The molecule has 0 saturated heterocycles. The maximum atomic E-state index is 12.3. The Morgan fingerprint density at radius 2 is 2.12 bits per heavy atom. The molecule has 25 heavy (non-hydrogen) atoms.